The van der Waals surface area contributed by atoms with Crippen LogP contribution in [0.15, 0.2) is 54.2 Å². The molecule has 3 aromatic rings. The predicted octanol–water partition coefficient (Wildman–Crippen LogP) is 4.87. The van der Waals surface area contributed by atoms with Crippen LogP contribution in [0.4, 0.5) is 5.82 Å². The molecule has 0 fully saturated rings. The number of thioether (sulfide) groups is 1. The normalized spacial score (nSPS) is 10.7. The number of halogens is 2. The lowest BCUT2D eigenvalue weighted by Crippen LogP contribution is -2.16. The maximum absolute atomic E-state index is 12.3. The fourth-order valence-corrected chi connectivity index (χ4v) is 3.59. The first-order chi connectivity index (χ1) is 13.5. The van der Waals surface area contributed by atoms with E-state index in [9.17, 15) is 4.79 Å². The summed E-state index contributed by atoms with van der Waals surface area (Å²) >= 11 is 13.3. The monoisotopic (exact) mass is 433 g/mol. The van der Waals surface area contributed by atoms with Gasteiger partial charge in [0.15, 0.2) is 16.8 Å². The molecule has 0 aliphatic carbocycles. The molecule has 0 unspecified atom stereocenters. The summed E-state index contributed by atoms with van der Waals surface area (Å²) < 4.78 is 1.91. The molecule has 2 heterocycles. The molecule has 0 saturated carbocycles. The maximum Gasteiger partial charge on any atom is 0.236 e. The summed E-state index contributed by atoms with van der Waals surface area (Å²) in [7, 11) is 0. The van der Waals surface area contributed by atoms with Crippen LogP contribution >= 0.6 is 35.0 Å². The molecule has 6 nitrogen and oxygen atoms in total. The Hall–Kier alpha value is -2.35. The first kappa shape index (κ1) is 20.4. The molecular weight excluding hydrogens is 417 g/mol. The first-order valence-electron chi connectivity index (χ1n) is 8.34. The lowest BCUT2D eigenvalue weighted by Gasteiger charge is -2.09. The van der Waals surface area contributed by atoms with Crippen LogP contribution in [0.3, 0.4) is 0 Å². The highest BCUT2D eigenvalue weighted by molar-refractivity contribution is 7.99. The lowest BCUT2D eigenvalue weighted by molar-refractivity contribution is -0.113. The van der Waals surface area contributed by atoms with Gasteiger partial charge in [-0.25, -0.2) is 4.98 Å². The third-order valence-corrected chi connectivity index (χ3v) is 5.39. The van der Waals surface area contributed by atoms with E-state index in [0.717, 1.165) is 11.4 Å². The van der Waals surface area contributed by atoms with Gasteiger partial charge in [0.2, 0.25) is 5.91 Å². The Labute approximate surface area is 177 Å². The zero-order valence-electron chi connectivity index (χ0n) is 15.0. The van der Waals surface area contributed by atoms with Crippen LogP contribution in [-0.4, -0.2) is 31.4 Å². The minimum Gasteiger partial charge on any atom is -0.309 e. The second-order valence-electron chi connectivity index (χ2n) is 5.79. The van der Waals surface area contributed by atoms with Gasteiger partial charge in [0.05, 0.1) is 21.5 Å². The van der Waals surface area contributed by atoms with E-state index in [4.69, 9.17) is 23.2 Å². The van der Waals surface area contributed by atoms with Gasteiger partial charge in [0, 0.05) is 12.1 Å². The van der Waals surface area contributed by atoms with Crippen molar-refractivity contribution in [2.75, 3.05) is 11.1 Å². The van der Waals surface area contributed by atoms with Crippen molar-refractivity contribution in [2.24, 2.45) is 0 Å². The third kappa shape index (κ3) is 4.73. The van der Waals surface area contributed by atoms with E-state index < -0.39 is 0 Å². The zero-order valence-corrected chi connectivity index (χ0v) is 17.4. The van der Waals surface area contributed by atoms with Gasteiger partial charge in [0.1, 0.15) is 0 Å². The number of nitrogens with one attached hydrogen (secondary N) is 1. The summed E-state index contributed by atoms with van der Waals surface area (Å²) in [5, 5.41) is 12.5. The molecule has 144 valence electrons. The van der Waals surface area contributed by atoms with Crippen LogP contribution < -0.4 is 5.32 Å². The van der Waals surface area contributed by atoms with Crippen molar-refractivity contribution in [3.8, 4) is 11.4 Å². The summed E-state index contributed by atoms with van der Waals surface area (Å²) in [6.45, 7) is 6.06. The van der Waals surface area contributed by atoms with E-state index in [1.807, 2.05) is 34.9 Å². The second-order valence-corrected chi connectivity index (χ2v) is 7.55. The van der Waals surface area contributed by atoms with Gasteiger partial charge in [-0.05, 0) is 13.0 Å². The Bertz CT molecular complexity index is 1010. The molecule has 9 heteroatoms. The van der Waals surface area contributed by atoms with E-state index in [0.29, 0.717) is 22.4 Å². The van der Waals surface area contributed by atoms with Crippen molar-refractivity contribution >= 4 is 46.7 Å². The van der Waals surface area contributed by atoms with Gasteiger partial charge in [-0.3, -0.25) is 9.36 Å². The predicted molar refractivity (Wildman–Crippen MR) is 114 cm³/mol. The summed E-state index contributed by atoms with van der Waals surface area (Å²) in [6.07, 6.45) is 1.76. The number of rotatable bonds is 7. The highest BCUT2D eigenvalue weighted by Gasteiger charge is 2.16. The number of aromatic nitrogens is 4. The molecule has 0 aliphatic heterocycles. The summed E-state index contributed by atoms with van der Waals surface area (Å²) in [4.78, 5) is 16.5. The van der Waals surface area contributed by atoms with Gasteiger partial charge in [-0.2, -0.15) is 0 Å². The summed E-state index contributed by atoms with van der Waals surface area (Å²) in [6, 6.07) is 11.3. The number of nitrogens with zero attached hydrogens (tertiary/aromatic N) is 4. The number of hydrogen-bond acceptors (Lipinski definition) is 5. The Morgan fingerprint density at radius 2 is 2.00 bits per heavy atom. The van der Waals surface area contributed by atoms with Gasteiger partial charge < -0.3 is 5.32 Å². The fraction of sp³-hybridized carbons (Fsp3) is 0.158. The van der Waals surface area contributed by atoms with E-state index in [-0.39, 0.29) is 22.5 Å². The number of allylic oxidation sites excluding steroid dienone is 1. The molecule has 0 spiro atoms. The molecule has 1 amide bonds. The van der Waals surface area contributed by atoms with Crippen LogP contribution in [0.25, 0.3) is 11.4 Å². The van der Waals surface area contributed by atoms with Crippen molar-refractivity contribution in [2.45, 2.75) is 18.6 Å². The number of hydrogen-bond donors (Lipinski definition) is 1. The average molecular weight is 434 g/mol. The van der Waals surface area contributed by atoms with Crippen molar-refractivity contribution < 1.29 is 4.79 Å². The summed E-state index contributed by atoms with van der Waals surface area (Å²) in [5.41, 5.74) is 1.54. The SMILES string of the molecule is C=CCn1c(SCC(=O)Nc2nc(C)c(Cl)cc2Cl)nnc1-c1ccccc1. The number of carbonyl (C=O) groups is 1. The van der Waals surface area contributed by atoms with Gasteiger partial charge in [0.25, 0.3) is 0 Å². The second kappa shape index (κ2) is 9.23. The van der Waals surface area contributed by atoms with Crippen LogP contribution in [0.2, 0.25) is 10.0 Å². The minimum atomic E-state index is -0.254. The van der Waals surface area contributed by atoms with Crippen LogP contribution in [0.5, 0.6) is 0 Å². The molecule has 28 heavy (non-hydrogen) atoms. The molecule has 0 radical (unpaired) electrons. The molecule has 1 aromatic carbocycles. The van der Waals surface area contributed by atoms with E-state index >= 15 is 0 Å². The number of carbonyl (C=O) groups excluding carboxylic acids is 1. The maximum atomic E-state index is 12.3. The molecular formula is C19H17Cl2N5OS. The average Bonchev–Trinajstić information content (AvgIpc) is 3.08. The van der Waals surface area contributed by atoms with E-state index in [1.165, 1.54) is 11.8 Å². The Morgan fingerprint density at radius 1 is 1.25 bits per heavy atom. The van der Waals surface area contributed by atoms with Gasteiger partial charge >= 0.3 is 0 Å². The zero-order chi connectivity index (χ0) is 20.1. The van der Waals surface area contributed by atoms with Crippen LogP contribution in [0, 0.1) is 6.92 Å². The number of amides is 1. The fourth-order valence-electron chi connectivity index (χ4n) is 2.43. The molecule has 1 N–H and O–H groups in total. The topological polar surface area (TPSA) is 72.7 Å². The van der Waals surface area contributed by atoms with E-state index in [2.05, 4.69) is 27.1 Å². The van der Waals surface area contributed by atoms with Crippen LogP contribution in [-0.2, 0) is 11.3 Å². The van der Waals surface area contributed by atoms with Crippen molar-refractivity contribution in [3.63, 3.8) is 0 Å². The van der Waals surface area contributed by atoms with Crippen LogP contribution in [0.1, 0.15) is 5.69 Å². The standard InChI is InChI=1S/C19H17Cl2N5OS/c1-3-9-26-18(13-7-5-4-6-8-13)24-25-19(26)28-11-16(27)23-17-15(21)10-14(20)12(2)22-17/h3-8,10H,1,9,11H2,2H3,(H,22,23,27). The van der Waals surface area contributed by atoms with E-state index in [1.54, 1.807) is 19.1 Å². The Balaban J connectivity index is 1.72. The molecule has 2 aromatic heterocycles. The number of aryl methyl sites for hydroxylation is 1. The summed E-state index contributed by atoms with van der Waals surface area (Å²) in [5.74, 6) is 0.882. The van der Waals surface area contributed by atoms with Gasteiger partial charge in [-0.1, -0.05) is 71.4 Å². The Morgan fingerprint density at radius 3 is 2.71 bits per heavy atom. The van der Waals surface area contributed by atoms with Crippen molar-refractivity contribution in [1.82, 2.24) is 19.7 Å². The lowest BCUT2D eigenvalue weighted by atomic mass is 10.2. The quantitative estimate of drug-likeness (QED) is 0.424. The van der Waals surface area contributed by atoms with Gasteiger partial charge in [-0.15, -0.1) is 16.8 Å². The largest absolute Gasteiger partial charge is 0.309 e. The number of pyridine rings is 1. The highest BCUT2D eigenvalue weighted by Crippen LogP contribution is 2.27. The third-order valence-electron chi connectivity index (χ3n) is 3.76. The smallest absolute Gasteiger partial charge is 0.236 e. The molecule has 0 aliphatic rings. The highest BCUT2D eigenvalue weighted by atomic mass is 35.5. The molecule has 0 saturated heterocycles. The number of benzene rings is 1. The molecule has 3 rings (SSSR count). The molecule has 0 bridgehead atoms. The van der Waals surface area contributed by atoms with Crippen molar-refractivity contribution in [1.29, 1.82) is 0 Å². The van der Waals surface area contributed by atoms with Crippen molar-refractivity contribution in [3.05, 3.63) is 64.8 Å². The number of anilines is 1. The Kier molecular flexibility index (Phi) is 6.72. The first-order valence-corrected chi connectivity index (χ1v) is 10.1. The molecule has 0 atom stereocenters. The minimum absolute atomic E-state index is 0.129.